The third kappa shape index (κ3) is 6.36. The zero-order chi connectivity index (χ0) is 26.3. The van der Waals surface area contributed by atoms with Gasteiger partial charge >= 0.3 is 0 Å². The van der Waals surface area contributed by atoms with Gasteiger partial charge in [0.2, 0.25) is 0 Å². The Bertz CT molecular complexity index is 1170. The Morgan fingerprint density at radius 1 is 1.08 bits per heavy atom. The van der Waals surface area contributed by atoms with Crippen LogP contribution in [0.4, 0.5) is 5.69 Å². The molecule has 0 aliphatic carbocycles. The van der Waals surface area contributed by atoms with Crippen LogP contribution in [0.2, 0.25) is 0 Å². The van der Waals surface area contributed by atoms with E-state index in [1.54, 1.807) is 19.2 Å². The molecule has 0 bridgehead atoms. The van der Waals surface area contributed by atoms with Crippen LogP contribution in [0.1, 0.15) is 23.5 Å². The van der Waals surface area contributed by atoms with E-state index in [0.29, 0.717) is 42.5 Å². The highest BCUT2D eigenvalue weighted by Gasteiger charge is 2.34. The largest absolute Gasteiger partial charge is 0.619 e. The quantitative estimate of drug-likeness (QED) is 0.239. The molecule has 1 saturated heterocycles. The van der Waals surface area contributed by atoms with E-state index in [9.17, 15) is 10.3 Å². The molecule has 0 saturated carbocycles. The summed E-state index contributed by atoms with van der Waals surface area (Å²) in [6.07, 6.45) is 2.98. The number of hydrogen-bond donors (Lipinski definition) is 2. The van der Waals surface area contributed by atoms with Gasteiger partial charge in [-0.1, -0.05) is 18.2 Å². The lowest BCUT2D eigenvalue weighted by Gasteiger charge is -2.36. The van der Waals surface area contributed by atoms with Crippen LogP contribution in [0.5, 0.6) is 17.2 Å². The second-order valence-corrected chi connectivity index (χ2v) is 9.65. The number of ether oxygens (including phenoxy) is 4. The minimum atomic E-state index is -0.574. The van der Waals surface area contributed by atoms with Crippen molar-refractivity contribution < 1.29 is 28.8 Å². The van der Waals surface area contributed by atoms with Gasteiger partial charge in [-0.15, -0.1) is 0 Å². The van der Waals surface area contributed by atoms with Crippen molar-refractivity contribution in [3.63, 3.8) is 0 Å². The SMILES string of the molecule is COCCCN1CCOc2ccc(CO[C@H]3CNC[C@@H](O)[C@@H]3c3ccc(Oc4cc[n+]([O-])cc4)cc3)cc21. The van der Waals surface area contributed by atoms with Crippen molar-refractivity contribution in [2.75, 3.05) is 51.4 Å². The fraction of sp³-hybridized carbons (Fsp3) is 0.414. The van der Waals surface area contributed by atoms with E-state index >= 15 is 0 Å². The Kier molecular flexibility index (Phi) is 8.60. The van der Waals surface area contributed by atoms with Gasteiger partial charge in [-0.05, 0) is 41.8 Å². The number of hydrogen-bond acceptors (Lipinski definition) is 8. The maximum atomic E-state index is 11.2. The molecule has 3 aromatic rings. The summed E-state index contributed by atoms with van der Waals surface area (Å²) in [6, 6.07) is 17.1. The molecule has 2 N–H and O–H groups in total. The summed E-state index contributed by atoms with van der Waals surface area (Å²) in [4.78, 5) is 2.34. The molecule has 3 heterocycles. The number of pyridine rings is 1. The highest BCUT2D eigenvalue weighted by Crippen LogP contribution is 2.34. The Labute approximate surface area is 223 Å². The molecule has 2 aromatic carbocycles. The minimum Gasteiger partial charge on any atom is -0.619 e. The normalized spacial score (nSPS) is 21.0. The van der Waals surface area contributed by atoms with Crippen LogP contribution in [0, 0.1) is 5.21 Å². The van der Waals surface area contributed by atoms with Crippen molar-refractivity contribution >= 4 is 5.69 Å². The molecule has 9 nitrogen and oxygen atoms in total. The lowest BCUT2D eigenvalue weighted by molar-refractivity contribution is -0.605. The predicted octanol–water partition coefficient (Wildman–Crippen LogP) is 2.98. The van der Waals surface area contributed by atoms with Crippen LogP contribution < -0.4 is 24.4 Å². The minimum absolute atomic E-state index is 0.173. The first kappa shape index (κ1) is 26.2. The molecule has 0 spiro atoms. The monoisotopic (exact) mass is 521 g/mol. The number of nitrogens with zero attached hydrogens (tertiary/aromatic N) is 2. The maximum absolute atomic E-state index is 11.2. The van der Waals surface area contributed by atoms with E-state index in [1.165, 1.54) is 12.4 Å². The number of rotatable bonds is 10. The van der Waals surface area contributed by atoms with E-state index in [2.05, 4.69) is 16.3 Å². The van der Waals surface area contributed by atoms with Gasteiger partial charge in [-0.25, -0.2) is 0 Å². The second kappa shape index (κ2) is 12.4. The smallest absolute Gasteiger partial charge is 0.184 e. The summed E-state index contributed by atoms with van der Waals surface area (Å²) in [6.45, 7) is 4.77. The molecule has 0 unspecified atom stereocenters. The van der Waals surface area contributed by atoms with Crippen LogP contribution in [0.25, 0.3) is 0 Å². The highest BCUT2D eigenvalue weighted by molar-refractivity contribution is 5.61. The zero-order valence-electron chi connectivity index (χ0n) is 21.6. The summed E-state index contributed by atoms with van der Waals surface area (Å²) >= 11 is 0. The number of piperidine rings is 1. The first-order valence-electron chi connectivity index (χ1n) is 13.1. The summed E-state index contributed by atoms with van der Waals surface area (Å²) in [7, 11) is 1.73. The summed E-state index contributed by atoms with van der Waals surface area (Å²) in [5, 5.41) is 25.4. The molecule has 1 fully saturated rings. The molecule has 1 aromatic heterocycles. The fourth-order valence-corrected chi connectivity index (χ4v) is 5.08. The van der Waals surface area contributed by atoms with Crippen LogP contribution in [-0.4, -0.2) is 63.8 Å². The molecule has 2 aliphatic rings. The average molecular weight is 522 g/mol. The van der Waals surface area contributed by atoms with Gasteiger partial charge in [0.05, 0.1) is 31.0 Å². The number of β-amino-alcohol motifs (C(OH)–C–C–N with tert-alkyl or cyclic N) is 1. The Morgan fingerprint density at radius 2 is 1.87 bits per heavy atom. The number of nitrogens with one attached hydrogen (secondary N) is 1. The Balaban J connectivity index is 1.25. The molecule has 38 heavy (non-hydrogen) atoms. The molecule has 5 rings (SSSR count). The van der Waals surface area contributed by atoms with Crippen LogP contribution in [0.15, 0.2) is 67.0 Å². The van der Waals surface area contributed by atoms with Gasteiger partial charge in [-0.3, -0.25) is 0 Å². The fourth-order valence-electron chi connectivity index (χ4n) is 5.08. The summed E-state index contributed by atoms with van der Waals surface area (Å²) in [5.41, 5.74) is 3.15. The van der Waals surface area contributed by atoms with E-state index in [0.717, 1.165) is 48.7 Å². The Morgan fingerprint density at radius 3 is 2.66 bits per heavy atom. The zero-order valence-corrected chi connectivity index (χ0v) is 21.6. The van der Waals surface area contributed by atoms with E-state index in [4.69, 9.17) is 18.9 Å². The Hall–Kier alpha value is -3.37. The van der Waals surface area contributed by atoms with Crippen LogP contribution >= 0.6 is 0 Å². The van der Waals surface area contributed by atoms with E-state index in [1.807, 2.05) is 36.4 Å². The van der Waals surface area contributed by atoms with Crippen molar-refractivity contribution in [3.8, 4) is 17.2 Å². The lowest BCUT2D eigenvalue weighted by atomic mass is 9.85. The molecule has 3 atom stereocenters. The van der Waals surface area contributed by atoms with Gasteiger partial charge in [0.25, 0.3) is 0 Å². The number of anilines is 1. The molecule has 0 amide bonds. The number of aliphatic hydroxyl groups is 1. The third-order valence-corrected chi connectivity index (χ3v) is 7.01. The number of aromatic nitrogens is 1. The van der Waals surface area contributed by atoms with Gasteiger partial charge in [-0.2, -0.15) is 4.73 Å². The average Bonchev–Trinajstić information content (AvgIpc) is 2.94. The highest BCUT2D eigenvalue weighted by atomic mass is 16.5. The number of methoxy groups -OCH3 is 1. The molecular weight excluding hydrogens is 486 g/mol. The first-order chi connectivity index (χ1) is 18.6. The van der Waals surface area contributed by atoms with Crippen molar-refractivity contribution in [1.82, 2.24) is 5.32 Å². The van der Waals surface area contributed by atoms with Gasteiger partial charge in [0, 0.05) is 51.4 Å². The van der Waals surface area contributed by atoms with Gasteiger partial charge < -0.3 is 39.5 Å². The second-order valence-electron chi connectivity index (χ2n) is 9.65. The van der Waals surface area contributed by atoms with Gasteiger partial charge in [0.1, 0.15) is 23.9 Å². The summed E-state index contributed by atoms with van der Waals surface area (Å²) < 4.78 is 24.0. The topological polar surface area (TPSA) is 99.4 Å². The lowest BCUT2D eigenvalue weighted by Crippen LogP contribution is -2.49. The van der Waals surface area contributed by atoms with Crippen molar-refractivity contribution in [3.05, 3.63) is 83.3 Å². The molecule has 9 heteroatoms. The van der Waals surface area contributed by atoms with Gasteiger partial charge in [0.15, 0.2) is 12.4 Å². The molecule has 2 aliphatic heterocycles. The van der Waals surface area contributed by atoms with E-state index < -0.39 is 6.10 Å². The van der Waals surface area contributed by atoms with Crippen molar-refractivity contribution in [1.29, 1.82) is 0 Å². The number of fused-ring (bicyclic) bond motifs is 1. The van der Waals surface area contributed by atoms with E-state index in [-0.39, 0.29) is 12.0 Å². The molecular formula is C29H35N3O6. The summed E-state index contributed by atoms with van der Waals surface area (Å²) in [5.74, 6) is 1.97. The maximum Gasteiger partial charge on any atom is 0.184 e. The standard InChI is InChI=1S/C29H35N3O6/c1-35-15-2-11-31-14-16-36-27-8-3-21(17-25(27)31)20-37-28-19-30-18-26(33)29(28)22-4-6-23(7-5-22)38-24-9-12-32(34)13-10-24/h3-10,12-13,17,26,28-30,33H,2,11,14-16,18-20H2,1H3/t26-,28+,29+/m1/s1. The van der Waals surface area contributed by atoms with Crippen molar-refractivity contribution in [2.24, 2.45) is 0 Å². The molecule has 202 valence electrons. The number of aliphatic hydroxyl groups excluding tert-OH is 1. The van der Waals surface area contributed by atoms with Crippen LogP contribution in [-0.2, 0) is 16.1 Å². The van der Waals surface area contributed by atoms with Crippen molar-refractivity contribution in [2.45, 2.75) is 31.2 Å². The number of benzene rings is 2. The van der Waals surface area contributed by atoms with Crippen LogP contribution in [0.3, 0.4) is 0 Å². The third-order valence-electron chi connectivity index (χ3n) is 7.01. The predicted molar refractivity (Wildman–Crippen MR) is 143 cm³/mol. The molecule has 0 radical (unpaired) electrons. The first-order valence-corrected chi connectivity index (χ1v) is 13.1.